The second-order valence-electron chi connectivity index (χ2n) is 5.52. The van der Waals surface area contributed by atoms with Gasteiger partial charge in [0.15, 0.2) is 0 Å². The first-order valence-electron chi connectivity index (χ1n) is 7.61. The van der Waals surface area contributed by atoms with Crippen LogP contribution in [-0.2, 0) is 6.54 Å². The van der Waals surface area contributed by atoms with Crippen LogP contribution in [0.15, 0.2) is 48.5 Å². The maximum Gasteiger partial charge on any atom is 0.255 e. The van der Waals surface area contributed by atoms with Crippen molar-refractivity contribution in [3.05, 3.63) is 71.0 Å². The first kappa shape index (κ1) is 16.1. The fraction of sp³-hybridized carbons (Fsp3) is 0.167. The highest BCUT2D eigenvalue weighted by molar-refractivity contribution is 7.09. The lowest BCUT2D eigenvalue weighted by Gasteiger charge is -2.08. The van der Waals surface area contributed by atoms with Crippen LogP contribution in [0.5, 0.6) is 0 Å². The normalized spacial score (nSPS) is 10.4. The lowest BCUT2D eigenvalue weighted by molar-refractivity contribution is 0.102. The predicted octanol–water partition coefficient (Wildman–Crippen LogP) is 4.02. The van der Waals surface area contributed by atoms with Gasteiger partial charge >= 0.3 is 0 Å². The Morgan fingerprint density at radius 1 is 1.12 bits per heavy atom. The number of hydrogen-bond donors (Lipinski definition) is 2. The fourth-order valence-corrected chi connectivity index (χ4v) is 2.78. The van der Waals surface area contributed by atoms with Crippen molar-refractivity contribution >= 4 is 28.3 Å². The monoisotopic (exact) mass is 338 g/mol. The molecule has 0 bridgehead atoms. The van der Waals surface area contributed by atoms with Crippen LogP contribution >= 0.6 is 11.5 Å². The molecule has 0 saturated heterocycles. The second kappa shape index (κ2) is 7.23. The third-order valence-electron chi connectivity index (χ3n) is 3.47. The summed E-state index contributed by atoms with van der Waals surface area (Å²) in [6.45, 7) is 4.49. The largest absolute Gasteiger partial charge is 0.356 e. The van der Waals surface area contributed by atoms with Crippen molar-refractivity contribution in [1.82, 2.24) is 9.36 Å². The summed E-state index contributed by atoms with van der Waals surface area (Å²) in [6, 6.07) is 15.3. The molecule has 6 heteroatoms. The number of nitrogens with one attached hydrogen (secondary N) is 2. The van der Waals surface area contributed by atoms with Gasteiger partial charge in [0.05, 0.1) is 0 Å². The Bertz CT molecular complexity index is 842. The molecule has 0 aliphatic carbocycles. The number of carbonyl (C=O) groups is 1. The number of anilines is 2. The molecule has 1 heterocycles. The molecule has 122 valence electrons. The Morgan fingerprint density at radius 2 is 1.92 bits per heavy atom. The summed E-state index contributed by atoms with van der Waals surface area (Å²) in [6.07, 6.45) is 0. The van der Waals surface area contributed by atoms with Gasteiger partial charge in [-0.25, -0.2) is 4.98 Å². The van der Waals surface area contributed by atoms with Crippen LogP contribution in [0.2, 0.25) is 0 Å². The van der Waals surface area contributed by atoms with E-state index in [0.717, 1.165) is 27.8 Å². The smallest absolute Gasteiger partial charge is 0.255 e. The van der Waals surface area contributed by atoms with Crippen LogP contribution < -0.4 is 10.6 Å². The molecule has 2 N–H and O–H groups in total. The van der Waals surface area contributed by atoms with Crippen LogP contribution in [0.1, 0.15) is 27.3 Å². The van der Waals surface area contributed by atoms with Crippen molar-refractivity contribution in [3.63, 3.8) is 0 Å². The summed E-state index contributed by atoms with van der Waals surface area (Å²) in [7, 11) is 0. The van der Waals surface area contributed by atoms with E-state index < -0.39 is 0 Å². The van der Waals surface area contributed by atoms with Crippen LogP contribution in [0.3, 0.4) is 0 Å². The minimum atomic E-state index is -0.111. The van der Waals surface area contributed by atoms with Crippen LogP contribution in [0, 0.1) is 13.8 Å². The molecule has 0 saturated carbocycles. The molecule has 24 heavy (non-hydrogen) atoms. The number of hydrogen-bond acceptors (Lipinski definition) is 5. The Labute approximate surface area is 144 Å². The molecule has 0 unspecified atom stereocenters. The lowest BCUT2D eigenvalue weighted by atomic mass is 10.1. The third kappa shape index (κ3) is 4.17. The summed E-state index contributed by atoms with van der Waals surface area (Å²) in [5.74, 6) is 0.654. The van der Waals surface area contributed by atoms with Gasteiger partial charge in [0.25, 0.3) is 5.91 Å². The number of amides is 1. The van der Waals surface area contributed by atoms with Gasteiger partial charge < -0.3 is 10.6 Å². The number of aromatic nitrogens is 2. The van der Waals surface area contributed by atoms with Crippen molar-refractivity contribution in [3.8, 4) is 0 Å². The topological polar surface area (TPSA) is 66.9 Å². The predicted molar refractivity (Wildman–Crippen MR) is 97.5 cm³/mol. The molecule has 3 aromatic rings. The van der Waals surface area contributed by atoms with Crippen LogP contribution in [-0.4, -0.2) is 15.3 Å². The average molecular weight is 338 g/mol. The maximum atomic E-state index is 12.3. The standard InChI is InChI=1S/C18H18N4OS/c1-12-6-8-15(9-7-12)17(23)21-16-5-3-4-14(10-16)11-19-18-20-13(2)22-24-18/h3-10H,11H2,1-2H3,(H,21,23)(H,19,20,22). The Balaban J connectivity index is 1.64. The summed E-state index contributed by atoms with van der Waals surface area (Å²) < 4.78 is 4.14. The molecule has 0 spiro atoms. The molecule has 3 rings (SSSR count). The first-order valence-corrected chi connectivity index (χ1v) is 8.38. The maximum absolute atomic E-state index is 12.3. The van der Waals surface area contributed by atoms with E-state index in [1.165, 1.54) is 11.5 Å². The molecule has 0 aliphatic rings. The molecular formula is C18H18N4OS. The molecule has 2 aromatic carbocycles. The van der Waals surface area contributed by atoms with Crippen molar-refractivity contribution in [2.75, 3.05) is 10.6 Å². The molecule has 1 aromatic heterocycles. The van der Waals surface area contributed by atoms with Crippen LogP contribution in [0.25, 0.3) is 0 Å². The zero-order valence-corrected chi connectivity index (χ0v) is 14.4. The van der Waals surface area contributed by atoms with Crippen molar-refractivity contribution in [2.45, 2.75) is 20.4 Å². The van der Waals surface area contributed by atoms with Crippen molar-refractivity contribution < 1.29 is 4.79 Å². The Hall–Kier alpha value is -2.73. The van der Waals surface area contributed by atoms with E-state index in [1.54, 1.807) is 0 Å². The summed E-state index contributed by atoms with van der Waals surface area (Å²) in [5, 5.41) is 6.95. The number of benzene rings is 2. The SMILES string of the molecule is Cc1ccc(C(=O)Nc2cccc(CNc3nc(C)ns3)c2)cc1. The molecule has 5 nitrogen and oxygen atoms in total. The average Bonchev–Trinajstić information content (AvgIpc) is 2.99. The summed E-state index contributed by atoms with van der Waals surface area (Å²) in [4.78, 5) is 16.5. The molecule has 0 atom stereocenters. The zero-order chi connectivity index (χ0) is 16.9. The van der Waals surface area contributed by atoms with Gasteiger partial charge in [0.2, 0.25) is 5.13 Å². The minimum Gasteiger partial charge on any atom is -0.356 e. The quantitative estimate of drug-likeness (QED) is 0.737. The van der Waals surface area contributed by atoms with Crippen molar-refractivity contribution in [2.24, 2.45) is 0 Å². The Morgan fingerprint density at radius 3 is 2.62 bits per heavy atom. The van der Waals surface area contributed by atoms with E-state index in [2.05, 4.69) is 20.0 Å². The van der Waals surface area contributed by atoms with E-state index in [1.807, 2.05) is 62.4 Å². The van der Waals surface area contributed by atoms with Gasteiger partial charge in [-0.1, -0.05) is 29.8 Å². The molecule has 0 fully saturated rings. The molecule has 0 radical (unpaired) electrons. The van der Waals surface area contributed by atoms with Gasteiger partial charge in [-0.05, 0) is 43.7 Å². The number of rotatable bonds is 5. The van der Waals surface area contributed by atoms with Gasteiger partial charge in [0, 0.05) is 29.3 Å². The highest BCUT2D eigenvalue weighted by atomic mass is 32.1. The molecule has 0 aliphatic heterocycles. The number of aryl methyl sites for hydroxylation is 2. The second-order valence-corrected chi connectivity index (χ2v) is 6.27. The Kier molecular flexibility index (Phi) is 4.86. The van der Waals surface area contributed by atoms with Gasteiger partial charge in [-0.3, -0.25) is 4.79 Å². The zero-order valence-electron chi connectivity index (χ0n) is 13.5. The van der Waals surface area contributed by atoms with Gasteiger partial charge in [0.1, 0.15) is 5.82 Å². The first-order chi connectivity index (χ1) is 11.6. The summed E-state index contributed by atoms with van der Waals surface area (Å²) >= 11 is 1.34. The van der Waals surface area contributed by atoms with Crippen molar-refractivity contribution in [1.29, 1.82) is 0 Å². The van der Waals surface area contributed by atoms with E-state index in [9.17, 15) is 4.79 Å². The molecular weight excluding hydrogens is 320 g/mol. The highest BCUT2D eigenvalue weighted by Gasteiger charge is 2.06. The van der Waals surface area contributed by atoms with E-state index in [0.29, 0.717) is 12.1 Å². The fourth-order valence-electron chi connectivity index (χ4n) is 2.21. The lowest BCUT2D eigenvalue weighted by Crippen LogP contribution is -2.12. The van der Waals surface area contributed by atoms with E-state index in [4.69, 9.17) is 0 Å². The number of carbonyl (C=O) groups excluding carboxylic acids is 1. The van der Waals surface area contributed by atoms with Gasteiger partial charge in [-0.2, -0.15) is 4.37 Å². The minimum absolute atomic E-state index is 0.111. The van der Waals surface area contributed by atoms with Crippen LogP contribution in [0.4, 0.5) is 10.8 Å². The summed E-state index contributed by atoms with van der Waals surface area (Å²) in [5.41, 5.74) is 3.61. The van der Waals surface area contributed by atoms with E-state index >= 15 is 0 Å². The molecule has 1 amide bonds. The third-order valence-corrected chi connectivity index (χ3v) is 4.23. The van der Waals surface area contributed by atoms with Gasteiger partial charge in [-0.15, -0.1) is 0 Å². The number of nitrogens with zero attached hydrogens (tertiary/aromatic N) is 2. The highest BCUT2D eigenvalue weighted by Crippen LogP contribution is 2.16. The van der Waals surface area contributed by atoms with E-state index in [-0.39, 0.29) is 5.91 Å².